The van der Waals surface area contributed by atoms with Crippen LogP contribution < -0.4 is 14.8 Å². The molecule has 0 saturated carbocycles. The number of rotatable bonds is 7. The zero-order valence-electron chi connectivity index (χ0n) is 13.4. The molecule has 0 spiro atoms. The average Bonchev–Trinajstić information content (AvgIpc) is 2.59. The lowest BCUT2D eigenvalue weighted by atomic mass is 10.1. The van der Waals surface area contributed by atoms with Crippen LogP contribution in [0.5, 0.6) is 11.5 Å². The molecule has 4 heteroatoms. The summed E-state index contributed by atoms with van der Waals surface area (Å²) in [5.74, 6) is 3.74. The van der Waals surface area contributed by atoms with Crippen molar-refractivity contribution in [2.45, 2.75) is 19.9 Å². The molecule has 0 heterocycles. The Morgan fingerprint density at radius 1 is 1.17 bits per heavy atom. The van der Waals surface area contributed by atoms with Gasteiger partial charge in [-0.25, -0.2) is 0 Å². The van der Waals surface area contributed by atoms with E-state index in [0.29, 0.717) is 18.0 Å². The van der Waals surface area contributed by atoms with Gasteiger partial charge in [-0.1, -0.05) is 25.0 Å². The largest absolute Gasteiger partial charge is 0.493 e. The first-order valence-electron chi connectivity index (χ1n) is 7.43. The summed E-state index contributed by atoms with van der Waals surface area (Å²) in [5, 5.41) is 3.40. The highest BCUT2D eigenvalue weighted by molar-refractivity contribution is 9.10. The van der Waals surface area contributed by atoms with Crippen LogP contribution in [0.2, 0.25) is 0 Å². The second-order valence-corrected chi connectivity index (χ2v) is 5.86. The van der Waals surface area contributed by atoms with E-state index in [4.69, 9.17) is 15.9 Å². The molecule has 0 unspecified atom stereocenters. The minimum Gasteiger partial charge on any atom is -0.493 e. The highest BCUT2D eigenvalue weighted by Crippen LogP contribution is 2.36. The number of terminal acetylenes is 1. The van der Waals surface area contributed by atoms with Crippen LogP contribution in [0.4, 0.5) is 5.69 Å². The molecule has 23 heavy (non-hydrogen) atoms. The molecule has 0 aliphatic heterocycles. The second kappa shape index (κ2) is 8.50. The number of hydrogen-bond donors (Lipinski definition) is 1. The second-order valence-electron chi connectivity index (χ2n) is 5.01. The first-order valence-corrected chi connectivity index (χ1v) is 8.22. The summed E-state index contributed by atoms with van der Waals surface area (Å²) in [6.45, 7) is 3.04. The fourth-order valence-corrected chi connectivity index (χ4v) is 2.80. The van der Waals surface area contributed by atoms with Crippen LogP contribution in [-0.2, 0) is 13.0 Å². The predicted molar refractivity (Wildman–Crippen MR) is 98.2 cm³/mol. The summed E-state index contributed by atoms with van der Waals surface area (Å²) < 4.78 is 11.7. The highest BCUT2D eigenvalue weighted by atomic mass is 79.9. The number of aryl methyl sites for hydroxylation is 1. The van der Waals surface area contributed by atoms with Crippen molar-refractivity contribution in [3.63, 3.8) is 0 Å². The Morgan fingerprint density at radius 3 is 2.52 bits per heavy atom. The van der Waals surface area contributed by atoms with Gasteiger partial charge in [-0.15, -0.1) is 6.42 Å². The molecule has 0 aliphatic carbocycles. The van der Waals surface area contributed by atoms with Gasteiger partial charge < -0.3 is 14.8 Å². The number of nitrogens with one attached hydrogen (secondary N) is 1. The number of hydrogen-bond acceptors (Lipinski definition) is 3. The third kappa shape index (κ3) is 4.67. The number of anilines is 1. The molecule has 0 radical (unpaired) electrons. The van der Waals surface area contributed by atoms with Crippen molar-refractivity contribution >= 4 is 21.6 Å². The van der Waals surface area contributed by atoms with E-state index < -0.39 is 0 Å². The van der Waals surface area contributed by atoms with Gasteiger partial charge in [0, 0.05) is 12.2 Å². The van der Waals surface area contributed by atoms with Crippen LogP contribution in [0.3, 0.4) is 0 Å². The molecule has 2 aromatic rings. The molecule has 1 N–H and O–H groups in total. The SMILES string of the molecule is C#CCOc1c(Br)cc(CNc2ccc(CC)cc2)cc1OC. The minimum absolute atomic E-state index is 0.205. The molecular weight excluding hydrogens is 354 g/mol. The Morgan fingerprint density at radius 2 is 1.91 bits per heavy atom. The van der Waals surface area contributed by atoms with Crippen molar-refractivity contribution < 1.29 is 9.47 Å². The average molecular weight is 374 g/mol. The molecule has 0 amide bonds. The number of benzene rings is 2. The Hall–Kier alpha value is -2.12. The summed E-state index contributed by atoms with van der Waals surface area (Å²) in [5.41, 5.74) is 3.50. The van der Waals surface area contributed by atoms with Gasteiger partial charge in [0.1, 0.15) is 6.61 Å². The van der Waals surface area contributed by atoms with Crippen molar-refractivity contribution in [1.29, 1.82) is 0 Å². The molecule has 0 aliphatic rings. The van der Waals surface area contributed by atoms with E-state index >= 15 is 0 Å². The lowest BCUT2D eigenvalue weighted by molar-refractivity contribution is 0.328. The molecule has 2 rings (SSSR count). The Labute approximate surface area is 146 Å². The summed E-state index contributed by atoms with van der Waals surface area (Å²) in [6, 6.07) is 12.4. The van der Waals surface area contributed by atoms with Crippen LogP contribution >= 0.6 is 15.9 Å². The van der Waals surface area contributed by atoms with Gasteiger partial charge in [0.25, 0.3) is 0 Å². The van der Waals surface area contributed by atoms with Crippen molar-refractivity contribution in [2.24, 2.45) is 0 Å². The molecular formula is C19H20BrNO2. The van der Waals surface area contributed by atoms with E-state index in [2.05, 4.69) is 58.4 Å². The molecule has 3 nitrogen and oxygen atoms in total. The lowest BCUT2D eigenvalue weighted by Gasteiger charge is -2.14. The number of methoxy groups -OCH3 is 1. The van der Waals surface area contributed by atoms with E-state index in [-0.39, 0.29) is 6.61 Å². The molecule has 2 aromatic carbocycles. The van der Waals surface area contributed by atoms with E-state index in [1.165, 1.54) is 5.56 Å². The van der Waals surface area contributed by atoms with Gasteiger partial charge >= 0.3 is 0 Å². The normalized spacial score (nSPS) is 10.0. The number of halogens is 1. The number of ether oxygens (including phenoxy) is 2. The van der Waals surface area contributed by atoms with Crippen molar-refractivity contribution in [3.05, 3.63) is 52.0 Å². The first-order chi connectivity index (χ1) is 11.2. The maximum absolute atomic E-state index is 5.52. The van der Waals surface area contributed by atoms with Crippen molar-refractivity contribution in [1.82, 2.24) is 0 Å². The molecule has 0 atom stereocenters. The summed E-state index contributed by atoms with van der Waals surface area (Å²) in [7, 11) is 1.62. The molecule has 0 aromatic heterocycles. The first kappa shape index (κ1) is 17.2. The fourth-order valence-electron chi connectivity index (χ4n) is 2.19. The third-order valence-corrected chi connectivity index (χ3v) is 4.04. The van der Waals surface area contributed by atoms with Crippen molar-refractivity contribution in [3.8, 4) is 23.8 Å². The van der Waals surface area contributed by atoms with E-state index in [1.54, 1.807) is 7.11 Å². The maximum atomic E-state index is 5.52. The smallest absolute Gasteiger partial charge is 0.176 e. The molecule has 0 saturated heterocycles. The highest BCUT2D eigenvalue weighted by Gasteiger charge is 2.11. The van der Waals surface area contributed by atoms with E-state index in [0.717, 1.165) is 22.1 Å². The van der Waals surface area contributed by atoms with E-state index in [9.17, 15) is 0 Å². The topological polar surface area (TPSA) is 30.5 Å². The quantitative estimate of drug-likeness (QED) is 0.716. The molecule has 0 fully saturated rings. The Kier molecular flexibility index (Phi) is 6.37. The van der Waals surface area contributed by atoms with Gasteiger partial charge in [0.05, 0.1) is 11.6 Å². The molecule has 120 valence electrons. The van der Waals surface area contributed by atoms with Gasteiger partial charge in [-0.05, 0) is 57.7 Å². The van der Waals surface area contributed by atoms with Gasteiger partial charge in [0.2, 0.25) is 0 Å². The van der Waals surface area contributed by atoms with Gasteiger partial charge in [0.15, 0.2) is 11.5 Å². The maximum Gasteiger partial charge on any atom is 0.176 e. The lowest BCUT2D eigenvalue weighted by Crippen LogP contribution is -2.02. The third-order valence-electron chi connectivity index (χ3n) is 3.45. The van der Waals surface area contributed by atoms with Crippen molar-refractivity contribution in [2.75, 3.05) is 19.0 Å². The monoisotopic (exact) mass is 373 g/mol. The Balaban J connectivity index is 2.10. The molecule has 0 bridgehead atoms. The van der Waals surface area contributed by atoms with Gasteiger partial charge in [-0.3, -0.25) is 0 Å². The predicted octanol–water partition coefficient (Wildman–Crippen LogP) is 4.64. The van der Waals surface area contributed by atoms with E-state index in [1.807, 2.05) is 12.1 Å². The van der Waals surface area contributed by atoms with Crippen LogP contribution in [-0.4, -0.2) is 13.7 Å². The zero-order valence-corrected chi connectivity index (χ0v) is 14.9. The van der Waals surface area contributed by atoms with Crippen LogP contribution in [0.15, 0.2) is 40.9 Å². The minimum atomic E-state index is 0.205. The summed E-state index contributed by atoms with van der Waals surface area (Å²) in [6.07, 6.45) is 6.28. The van der Waals surface area contributed by atoms with Crippen LogP contribution in [0.25, 0.3) is 0 Å². The van der Waals surface area contributed by atoms with Crippen LogP contribution in [0, 0.1) is 12.3 Å². The fraction of sp³-hybridized carbons (Fsp3) is 0.263. The standard InChI is InChI=1S/C19H20BrNO2/c1-4-10-23-19-17(20)11-15(12-18(19)22-3)13-21-16-8-6-14(5-2)7-9-16/h1,6-9,11-12,21H,5,10,13H2,2-3H3. The zero-order chi connectivity index (χ0) is 16.7. The van der Waals surface area contributed by atoms with Gasteiger partial charge in [-0.2, -0.15) is 0 Å². The van der Waals surface area contributed by atoms with Crippen LogP contribution in [0.1, 0.15) is 18.1 Å². The summed E-state index contributed by atoms with van der Waals surface area (Å²) >= 11 is 3.51. The summed E-state index contributed by atoms with van der Waals surface area (Å²) in [4.78, 5) is 0. The Bertz CT molecular complexity index is 690.